The van der Waals surface area contributed by atoms with Crippen LogP contribution in [0.25, 0.3) is 0 Å². The van der Waals surface area contributed by atoms with Gasteiger partial charge in [0.25, 0.3) is 0 Å². The summed E-state index contributed by atoms with van der Waals surface area (Å²) >= 11 is 11.8. The molecule has 4 heteroatoms. The van der Waals surface area contributed by atoms with E-state index in [-0.39, 0.29) is 5.78 Å². The second-order valence-corrected chi connectivity index (χ2v) is 5.64. The molecule has 0 saturated heterocycles. The number of Topliss-reactive ketones (excluding diaryl/α,β-unsaturated/α-hetero) is 1. The number of benzene rings is 1. The zero-order valence-electron chi connectivity index (χ0n) is 10.2. The summed E-state index contributed by atoms with van der Waals surface area (Å²) in [4.78, 5) is 11.8. The van der Waals surface area contributed by atoms with E-state index in [0.717, 1.165) is 5.56 Å². The largest absolute Gasteiger partial charge is 0.307 e. The highest BCUT2D eigenvalue weighted by Gasteiger charge is 2.15. The molecule has 2 rings (SSSR count). The highest BCUT2D eigenvalue weighted by Crippen LogP contribution is 2.23. The number of halogens is 2. The first-order valence-electron chi connectivity index (χ1n) is 6.34. The van der Waals surface area contributed by atoms with E-state index in [4.69, 9.17) is 23.2 Å². The fourth-order valence-electron chi connectivity index (χ4n) is 2.33. The van der Waals surface area contributed by atoms with E-state index in [1.807, 2.05) is 6.07 Å². The topological polar surface area (TPSA) is 29.1 Å². The summed E-state index contributed by atoms with van der Waals surface area (Å²) in [5.74, 6) is 0.195. The summed E-state index contributed by atoms with van der Waals surface area (Å²) in [6.07, 6.45) is 5.36. The summed E-state index contributed by atoms with van der Waals surface area (Å²) in [6, 6.07) is 5.87. The lowest BCUT2D eigenvalue weighted by Gasteiger charge is -2.10. The lowest BCUT2D eigenvalue weighted by Crippen LogP contribution is -2.32. The standard InChI is InChI=1S/C14H17Cl2NO/c15-13-6-5-10(8-14(13)16)7-12(18)9-17-11-3-1-2-4-11/h5-6,8,11,17H,1-4,7,9H2. The van der Waals surface area contributed by atoms with Crippen molar-refractivity contribution in [2.45, 2.75) is 38.1 Å². The van der Waals surface area contributed by atoms with Crippen LogP contribution in [0.4, 0.5) is 0 Å². The predicted octanol–water partition coefficient (Wildman–Crippen LogP) is 3.64. The van der Waals surface area contributed by atoms with Crippen LogP contribution in [0.5, 0.6) is 0 Å². The van der Waals surface area contributed by atoms with Gasteiger partial charge in [-0.2, -0.15) is 0 Å². The van der Waals surface area contributed by atoms with Crippen molar-refractivity contribution in [3.8, 4) is 0 Å². The first-order chi connectivity index (χ1) is 8.65. The Morgan fingerprint density at radius 2 is 1.94 bits per heavy atom. The first kappa shape index (κ1) is 13.9. The van der Waals surface area contributed by atoms with E-state index in [1.54, 1.807) is 12.1 Å². The van der Waals surface area contributed by atoms with Crippen molar-refractivity contribution in [2.75, 3.05) is 6.54 Å². The minimum atomic E-state index is 0.195. The molecule has 0 radical (unpaired) electrons. The third kappa shape index (κ3) is 3.98. The Labute approximate surface area is 118 Å². The zero-order chi connectivity index (χ0) is 13.0. The van der Waals surface area contributed by atoms with E-state index >= 15 is 0 Å². The van der Waals surface area contributed by atoms with Gasteiger partial charge in [-0.15, -0.1) is 0 Å². The lowest BCUT2D eigenvalue weighted by molar-refractivity contribution is -0.117. The molecule has 1 aromatic carbocycles. The molecule has 0 heterocycles. The maximum absolute atomic E-state index is 11.8. The number of carbonyl (C=O) groups is 1. The van der Waals surface area contributed by atoms with Crippen LogP contribution in [0, 0.1) is 0 Å². The van der Waals surface area contributed by atoms with Crippen molar-refractivity contribution in [1.82, 2.24) is 5.32 Å². The summed E-state index contributed by atoms with van der Waals surface area (Å²) in [6.45, 7) is 0.449. The van der Waals surface area contributed by atoms with Crippen molar-refractivity contribution in [3.05, 3.63) is 33.8 Å². The van der Waals surface area contributed by atoms with E-state index in [9.17, 15) is 4.79 Å². The van der Waals surface area contributed by atoms with Crippen LogP contribution in [0.2, 0.25) is 10.0 Å². The number of nitrogens with one attached hydrogen (secondary N) is 1. The van der Waals surface area contributed by atoms with Gasteiger partial charge in [-0.05, 0) is 30.5 Å². The van der Waals surface area contributed by atoms with Crippen molar-refractivity contribution in [3.63, 3.8) is 0 Å². The molecule has 0 spiro atoms. The number of hydrogen-bond acceptors (Lipinski definition) is 2. The van der Waals surface area contributed by atoms with Gasteiger partial charge in [0, 0.05) is 12.5 Å². The van der Waals surface area contributed by atoms with Crippen LogP contribution in [-0.2, 0) is 11.2 Å². The summed E-state index contributed by atoms with van der Waals surface area (Å²) < 4.78 is 0. The van der Waals surface area contributed by atoms with Crippen LogP contribution >= 0.6 is 23.2 Å². The number of ketones is 1. The molecule has 98 valence electrons. The second kappa shape index (κ2) is 6.55. The maximum Gasteiger partial charge on any atom is 0.150 e. The third-order valence-corrected chi connectivity index (χ3v) is 4.07. The Bertz CT molecular complexity index is 428. The monoisotopic (exact) mass is 285 g/mol. The molecule has 1 aromatic rings. The van der Waals surface area contributed by atoms with Crippen molar-refractivity contribution in [1.29, 1.82) is 0 Å². The van der Waals surface area contributed by atoms with Gasteiger partial charge in [0.15, 0.2) is 5.78 Å². The smallest absolute Gasteiger partial charge is 0.150 e. The van der Waals surface area contributed by atoms with Gasteiger partial charge in [0.1, 0.15) is 0 Å². The Hall–Kier alpha value is -0.570. The van der Waals surface area contributed by atoms with Gasteiger partial charge in [0.05, 0.1) is 16.6 Å². The number of carbonyl (C=O) groups excluding carboxylic acids is 1. The Balaban J connectivity index is 1.80. The van der Waals surface area contributed by atoms with E-state index in [1.165, 1.54) is 25.7 Å². The van der Waals surface area contributed by atoms with E-state index < -0.39 is 0 Å². The highest BCUT2D eigenvalue weighted by atomic mass is 35.5. The quantitative estimate of drug-likeness (QED) is 0.895. The molecule has 0 aromatic heterocycles. The van der Waals surface area contributed by atoms with Crippen LogP contribution < -0.4 is 5.32 Å². The zero-order valence-corrected chi connectivity index (χ0v) is 11.7. The fraction of sp³-hybridized carbons (Fsp3) is 0.500. The molecular weight excluding hydrogens is 269 g/mol. The first-order valence-corrected chi connectivity index (χ1v) is 7.10. The molecule has 1 aliphatic rings. The highest BCUT2D eigenvalue weighted by molar-refractivity contribution is 6.42. The summed E-state index contributed by atoms with van der Waals surface area (Å²) in [5.41, 5.74) is 0.919. The minimum absolute atomic E-state index is 0.195. The second-order valence-electron chi connectivity index (χ2n) is 4.83. The number of hydrogen-bond donors (Lipinski definition) is 1. The molecule has 1 N–H and O–H groups in total. The molecule has 1 fully saturated rings. The Morgan fingerprint density at radius 3 is 2.61 bits per heavy atom. The summed E-state index contributed by atoms with van der Waals surface area (Å²) in [5, 5.41) is 4.35. The SMILES string of the molecule is O=C(CNC1CCCC1)Cc1ccc(Cl)c(Cl)c1. The molecule has 0 bridgehead atoms. The van der Waals surface area contributed by atoms with Crippen molar-refractivity contribution >= 4 is 29.0 Å². The predicted molar refractivity (Wildman–Crippen MR) is 75.4 cm³/mol. The van der Waals surface area contributed by atoms with E-state index in [2.05, 4.69) is 5.32 Å². The Morgan fingerprint density at radius 1 is 1.22 bits per heavy atom. The Kier molecular flexibility index (Phi) is 5.04. The molecule has 18 heavy (non-hydrogen) atoms. The van der Waals surface area contributed by atoms with Crippen LogP contribution in [0.1, 0.15) is 31.2 Å². The summed E-state index contributed by atoms with van der Waals surface area (Å²) in [7, 11) is 0. The molecule has 1 aliphatic carbocycles. The van der Waals surface area contributed by atoms with Gasteiger partial charge in [-0.1, -0.05) is 42.1 Å². The molecule has 2 nitrogen and oxygen atoms in total. The van der Waals surface area contributed by atoms with Crippen LogP contribution in [0.15, 0.2) is 18.2 Å². The number of rotatable bonds is 5. The lowest BCUT2D eigenvalue weighted by atomic mass is 10.1. The van der Waals surface area contributed by atoms with Gasteiger partial charge in [-0.25, -0.2) is 0 Å². The van der Waals surface area contributed by atoms with Crippen LogP contribution in [0.3, 0.4) is 0 Å². The van der Waals surface area contributed by atoms with Crippen molar-refractivity contribution < 1.29 is 4.79 Å². The van der Waals surface area contributed by atoms with E-state index in [0.29, 0.717) is 29.1 Å². The minimum Gasteiger partial charge on any atom is -0.307 e. The normalized spacial score (nSPS) is 16.1. The van der Waals surface area contributed by atoms with Gasteiger partial charge >= 0.3 is 0 Å². The van der Waals surface area contributed by atoms with Gasteiger partial charge in [-0.3, -0.25) is 4.79 Å². The molecule has 1 saturated carbocycles. The van der Waals surface area contributed by atoms with Gasteiger partial charge < -0.3 is 5.32 Å². The van der Waals surface area contributed by atoms with Crippen molar-refractivity contribution in [2.24, 2.45) is 0 Å². The average Bonchev–Trinajstić information content (AvgIpc) is 2.84. The molecule has 0 aliphatic heterocycles. The molecule has 0 unspecified atom stereocenters. The molecular formula is C14H17Cl2NO. The van der Waals surface area contributed by atoms with Crippen LogP contribution in [-0.4, -0.2) is 18.4 Å². The average molecular weight is 286 g/mol. The third-order valence-electron chi connectivity index (χ3n) is 3.33. The molecule has 0 amide bonds. The fourth-order valence-corrected chi connectivity index (χ4v) is 2.65. The van der Waals surface area contributed by atoms with Gasteiger partial charge in [0.2, 0.25) is 0 Å². The maximum atomic E-state index is 11.8. The molecule has 0 atom stereocenters.